The van der Waals surface area contributed by atoms with Crippen molar-refractivity contribution in [2.75, 3.05) is 118 Å². The van der Waals surface area contributed by atoms with Crippen LogP contribution in [0, 0.1) is 11.3 Å². The Bertz CT molecular complexity index is 2600. The van der Waals surface area contributed by atoms with Crippen LogP contribution in [0.1, 0.15) is 26.2 Å². The third-order valence-corrected chi connectivity index (χ3v) is 18.8. The molecular weight excluding hydrogens is 1460 g/mol. The summed E-state index contributed by atoms with van der Waals surface area (Å²) in [4.78, 5) is 110. The van der Waals surface area contributed by atoms with Crippen molar-refractivity contribution in [3.8, 4) is 0 Å². The van der Waals surface area contributed by atoms with Gasteiger partial charge in [0, 0.05) is 82.3 Å². The number of carbonyl (C=O) groups is 8. The molecule has 48 nitrogen and oxygen atoms in total. The van der Waals surface area contributed by atoms with Crippen LogP contribution in [0.2, 0.25) is 0 Å². The van der Waals surface area contributed by atoms with Gasteiger partial charge in [-0.2, -0.15) is 0 Å². The molecule has 0 aliphatic carbocycles. The van der Waals surface area contributed by atoms with E-state index in [1.807, 2.05) is 0 Å². The highest BCUT2D eigenvalue weighted by Crippen LogP contribution is 2.33. The molecule has 4 amide bonds. The fraction of sp³-hybridized carbons (Fsp3) is 0.864. The molecular formula is C59H103N7O41. The lowest BCUT2D eigenvalue weighted by Gasteiger charge is -2.48. The Hall–Kier alpha value is -5.52. The number of nitrogens with zero attached hydrogens (tertiary/aromatic N) is 3. The molecule has 4 aliphatic heterocycles. The molecule has 0 aromatic heterocycles. The molecule has 0 bridgehead atoms. The molecule has 0 aromatic carbocycles. The maximum absolute atomic E-state index is 14.7. The van der Waals surface area contributed by atoms with E-state index in [1.165, 1.54) is 9.80 Å². The topological polar surface area (TPSA) is 796 Å². The van der Waals surface area contributed by atoms with Gasteiger partial charge in [-0.1, -0.05) is 6.92 Å². The van der Waals surface area contributed by atoms with Gasteiger partial charge in [0.1, 0.15) is 116 Å². The van der Waals surface area contributed by atoms with E-state index < -0.39 is 335 Å². The van der Waals surface area contributed by atoms with E-state index in [0.29, 0.717) is 0 Å². The molecule has 48 heteroatoms. The number of aliphatic hydroxyl groups excluding tert-OH is 23. The molecule has 4 saturated heterocycles. The summed E-state index contributed by atoms with van der Waals surface area (Å²) in [5.74, 6) is -14.1. The van der Waals surface area contributed by atoms with Gasteiger partial charge in [-0.3, -0.25) is 53.1 Å². The number of carboxylic acid groups (broad SMARTS) is 4. The standard InChI is InChI=1S/C59H103N7O41/c1-23(12-67)49(105-55-46(96)37(87)34(84)26(15-70)102-55)40(90)43(93)52(99)61-19-58(20-62-53(100)44(94)41(91)50(24(73)13-68)106-56-47(97)38(88)35(85)27(16-71)103-56,21-63-54(101)45(95)42(92)51(25(74)14-69)107-57-48(98)39(89)36(86)28(17-72)104-57)18-60-29(75)2-3-59(66(10-32(80)81)11-33(82)83)4-5-64(8-30(76)77)6-7-65(22-59)9-31(78)79/h23-28,34-51,55-57,67-74,84-98H,2-22H2,1H3,(H,60,75)(H,61,99)(H,62,100)(H,63,101)(H,76,77)(H,78,79)(H,80,81)(H,82,83). The molecule has 4 fully saturated rings. The normalized spacial score (nSPS) is 31.6. The van der Waals surface area contributed by atoms with Gasteiger partial charge >= 0.3 is 23.9 Å². The van der Waals surface area contributed by atoms with E-state index >= 15 is 0 Å². The second-order valence-electron chi connectivity index (χ2n) is 26.7. The number of hydrogen-bond acceptors (Lipinski definition) is 40. The van der Waals surface area contributed by atoms with Gasteiger partial charge in [0.05, 0.1) is 65.3 Å². The van der Waals surface area contributed by atoms with Crippen LogP contribution < -0.4 is 21.3 Å². The Morgan fingerprint density at radius 2 is 0.794 bits per heavy atom. The molecule has 620 valence electrons. The Morgan fingerprint density at radius 3 is 1.13 bits per heavy atom. The highest BCUT2D eigenvalue weighted by Gasteiger charge is 2.52. The number of rotatable bonds is 44. The smallest absolute Gasteiger partial charge is 0.317 e. The lowest BCUT2D eigenvalue weighted by molar-refractivity contribution is -0.326. The lowest BCUT2D eigenvalue weighted by Crippen LogP contribution is -2.63. The van der Waals surface area contributed by atoms with Crippen LogP contribution in [0.15, 0.2) is 0 Å². The summed E-state index contributed by atoms with van der Waals surface area (Å²) in [6, 6.07) is 0. The molecule has 107 heavy (non-hydrogen) atoms. The van der Waals surface area contributed by atoms with Gasteiger partial charge in [0.2, 0.25) is 5.91 Å². The second-order valence-corrected chi connectivity index (χ2v) is 26.7. The average molecular weight is 1570 g/mol. The van der Waals surface area contributed by atoms with Crippen molar-refractivity contribution >= 4 is 47.5 Å². The van der Waals surface area contributed by atoms with E-state index in [1.54, 1.807) is 0 Å². The number of ether oxygens (including phenoxy) is 6. The van der Waals surface area contributed by atoms with Gasteiger partial charge in [0.15, 0.2) is 37.2 Å². The first-order chi connectivity index (χ1) is 50.1. The highest BCUT2D eigenvalue weighted by molar-refractivity contribution is 5.83. The van der Waals surface area contributed by atoms with Gasteiger partial charge in [-0.15, -0.1) is 0 Å². The fourth-order valence-electron chi connectivity index (χ4n) is 12.3. The number of aliphatic hydroxyl groups is 23. The molecule has 31 N–H and O–H groups in total. The van der Waals surface area contributed by atoms with Gasteiger partial charge in [-0.25, -0.2) is 0 Å². The Morgan fingerprint density at radius 1 is 0.458 bits per heavy atom. The first-order valence-corrected chi connectivity index (χ1v) is 33.4. The molecule has 0 aromatic rings. The van der Waals surface area contributed by atoms with Gasteiger partial charge in [-0.05, 0) is 12.8 Å². The number of hydrogen-bond donors (Lipinski definition) is 31. The second kappa shape index (κ2) is 43.3. The Balaban J connectivity index is 1.92. The molecule has 0 spiro atoms. The predicted octanol–water partition coefficient (Wildman–Crippen LogP) is -19.3. The van der Waals surface area contributed by atoms with Crippen molar-refractivity contribution in [3.63, 3.8) is 0 Å². The van der Waals surface area contributed by atoms with E-state index in [0.717, 1.165) is 11.8 Å². The van der Waals surface area contributed by atoms with Gasteiger partial charge < -0.3 is 188 Å². The van der Waals surface area contributed by atoms with Crippen LogP contribution in [0.3, 0.4) is 0 Å². The molecule has 0 radical (unpaired) electrons. The van der Waals surface area contributed by atoms with Crippen molar-refractivity contribution in [1.82, 2.24) is 36.0 Å². The minimum absolute atomic E-state index is 0.0950. The van der Waals surface area contributed by atoms with Crippen molar-refractivity contribution in [3.05, 3.63) is 0 Å². The van der Waals surface area contributed by atoms with E-state index in [4.69, 9.17) is 28.4 Å². The minimum Gasteiger partial charge on any atom is -0.480 e. The molecule has 0 saturated carbocycles. The van der Waals surface area contributed by atoms with E-state index in [-0.39, 0.29) is 26.1 Å². The van der Waals surface area contributed by atoms with Crippen LogP contribution in [0.5, 0.6) is 0 Å². The molecule has 28 unspecified atom stereocenters. The number of nitrogens with one attached hydrogen (secondary N) is 4. The zero-order valence-electron chi connectivity index (χ0n) is 57.6. The maximum Gasteiger partial charge on any atom is 0.317 e. The van der Waals surface area contributed by atoms with Crippen molar-refractivity contribution < 1.29 is 205 Å². The summed E-state index contributed by atoms with van der Waals surface area (Å²) in [5.41, 5.74) is -4.44. The summed E-state index contributed by atoms with van der Waals surface area (Å²) in [5, 5.41) is 294. The molecule has 4 aliphatic rings. The SMILES string of the molecule is CC(CO)C(OC1OC(CO)C(O)C(O)C1O)C(O)C(O)C(=O)NCC(CNC(=O)CCC1(N(CC(=O)O)CC(=O)O)CCN(CC(=O)O)CCN(CC(=O)O)C1)(CNC(=O)C(O)C(O)C(OC1OC(CO)C(O)C(O)C1O)C(O)CO)CNC(=O)C(O)C(O)C(OC1OC(CO)C(O)C(O)C1O)C(O)CO. The predicted molar refractivity (Wildman–Crippen MR) is 340 cm³/mol. The third-order valence-electron chi connectivity index (χ3n) is 18.8. The zero-order chi connectivity index (χ0) is 80.9. The number of amides is 4. The van der Waals surface area contributed by atoms with Crippen LogP contribution in [0.4, 0.5) is 0 Å². The summed E-state index contributed by atoms with van der Waals surface area (Å²) in [6.45, 7) is -15.5. The summed E-state index contributed by atoms with van der Waals surface area (Å²) in [6.07, 6.45) is -61.6. The van der Waals surface area contributed by atoms with Crippen molar-refractivity contribution in [1.29, 1.82) is 0 Å². The Kier molecular flexibility index (Phi) is 38.0. The average Bonchev–Trinajstić information content (AvgIpc) is 0.813. The maximum atomic E-state index is 14.7. The van der Waals surface area contributed by atoms with Crippen molar-refractivity contribution in [2.24, 2.45) is 11.3 Å². The lowest BCUT2D eigenvalue weighted by atomic mass is 9.84. The van der Waals surface area contributed by atoms with Crippen LogP contribution >= 0.6 is 0 Å². The highest BCUT2D eigenvalue weighted by atomic mass is 16.7. The third kappa shape index (κ3) is 25.8. The number of aliphatic carboxylic acids is 4. The van der Waals surface area contributed by atoms with Crippen molar-refractivity contribution in [2.45, 2.75) is 191 Å². The zero-order valence-corrected chi connectivity index (χ0v) is 57.6. The fourth-order valence-corrected chi connectivity index (χ4v) is 12.3. The summed E-state index contributed by atoms with van der Waals surface area (Å²) >= 11 is 0. The molecule has 4 rings (SSSR count). The van der Waals surface area contributed by atoms with E-state index in [2.05, 4.69) is 21.3 Å². The first kappa shape index (κ1) is 93.9. The quantitative estimate of drug-likeness (QED) is 0.0269. The van der Waals surface area contributed by atoms with Crippen LogP contribution in [-0.2, 0) is 66.8 Å². The largest absolute Gasteiger partial charge is 0.480 e. The van der Waals surface area contributed by atoms with Crippen LogP contribution in [0.25, 0.3) is 0 Å². The summed E-state index contributed by atoms with van der Waals surface area (Å²) < 4.78 is 32.2. The molecule has 28 atom stereocenters. The minimum atomic E-state index is -2.96. The summed E-state index contributed by atoms with van der Waals surface area (Å²) in [7, 11) is 0. The number of carboxylic acids is 4. The van der Waals surface area contributed by atoms with Gasteiger partial charge in [0.25, 0.3) is 17.7 Å². The number of carbonyl (C=O) groups excluding carboxylic acids is 4. The monoisotopic (exact) mass is 1570 g/mol. The Labute approximate surface area is 607 Å². The first-order valence-electron chi connectivity index (χ1n) is 33.4. The van der Waals surface area contributed by atoms with E-state index in [9.17, 15) is 176 Å². The van der Waals surface area contributed by atoms with Crippen LogP contribution in [-0.4, -0.2) is 483 Å². The molecule has 4 heterocycles.